The first kappa shape index (κ1) is 12.0. The lowest BCUT2D eigenvalue weighted by Crippen LogP contribution is -2.46. The number of nitrogens with zero attached hydrogens (tertiary/aromatic N) is 2. The molecule has 1 unspecified atom stereocenters. The summed E-state index contributed by atoms with van der Waals surface area (Å²) in [4.78, 5) is 4.93. The van der Waals surface area contributed by atoms with Crippen molar-refractivity contribution in [2.24, 2.45) is 0 Å². The molecule has 1 aliphatic heterocycles. The smallest absolute Gasteiger partial charge is 0.0347 e. The SMILES string of the molecule is CCCN1CCCNCC1CN(C)C. The highest BCUT2D eigenvalue weighted by Gasteiger charge is 2.19. The molecule has 0 bridgehead atoms. The van der Waals surface area contributed by atoms with Crippen molar-refractivity contribution in [2.45, 2.75) is 25.8 Å². The van der Waals surface area contributed by atoms with Gasteiger partial charge < -0.3 is 10.2 Å². The lowest BCUT2D eigenvalue weighted by atomic mass is 10.2. The highest BCUT2D eigenvalue weighted by atomic mass is 15.2. The van der Waals surface area contributed by atoms with E-state index in [0.29, 0.717) is 6.04 Å². The maximum atomic E-state index is 3.52. The average Bonchev–Trinajstić information content (AvgIpc) is 2.32. The van der Waals surface area contributed by atoms with Crippen LogP contribution in [0.25, 0.3) is 0 Å². The molecule has 1 N–H and O–H groups in total. The fourth-order valence-electron chi connectivity index (χ4n) is 2.17. The van der Waals surface area contributed by atoms with Crippen LogP contribution in [0.15, 0.2) is 0 Å². The van der Waals surface area contributed by atoms with Crippen molar-refractivity contribution >= 4 is 0 Å². The van der Waals surface area contributed by atoms with Crippen molar-refractivity contribution in [3.63, 3.8) is 0 Å². The second-order valence-corrected chi connectivity index (χ2v) is 4.51. The molecule has 0 saturated carbocycles. The van der Waals surface area contributed by atoms with E-state index in [1.807, 2.05) is 0 Å². The summed E-state index contributed by atoms with van der Waals surface area (Å²) < 4.78 is 0. The molecule has 0 aromatic rings. The summed E-state index contributed by atoms with van der Waals surface area (Å²) in [5.41, 5.74) is 0. The summed E-state index contributed by atoms with van der Waals surface area (Å²) in [7, 11) is 4.32. The van der Waals surface area contributed by atoms with Gasteiger partial charge in [0.1, 0.15) is 0 Å². The summed E-state index contributed by atoms with van der Waals surface area (Å²) in [6.07, 6.45) is 2.56. The van der Waals surface area contributed by atoms with Crippen LogP contribution in [0, 0.1) is 0 Å². The van der Waals surface area contributed by atoms with E-state index in [4.69, 9.17) is 0 Å². The first-order valence-corrected chi connectivity index (χ1v) is 5.83. The van der Waals surface area contributed by atoms with E-state index in [9.17, 15) is 0 Å². The Kier molecular flexibility index (Phi) is 5.45. The molecule has 0 radical (unpaired) electrons. The highest BCUT2D eigenvalue weighted by molar-refractivity contribution is 4.79. The molecule has 0 spiro atoms. The van der Waals surface area contributed by atoms with Gasteiger partial charge in [0.2, 0.25) is 0 Å². The van der Waals surface area contributed by atoms with Crippen LogP contribution >= 0.6 is 0 Å². The molecule has 1 aliphatic rings. The van der Waals surface area contributed by atoms with Crippen molar-refractivity contribution in [3.8, 4) is 0 Å². The first-order chi connectivity index (χ1) is 6.74. The summed E-state index contributed by atoms with van der Waals surface area (Å²) in [6, 6.07) is 0.701. The largest absolute Gasteiger partial charge is 0.315 e. The number of hydrogen-bond acceptors (Lipinski definition) is 3. The van der Waals surface area contributed by atoms with E-state index >= 15 is 0 Å². The third-order valence-corrected chi connectivity index (χ3v) is 2.78. The zero-order chi connectivity index (χ0) is 10.4. The molecular weight excluding hydrogens is 174 g/mol. The van der Waals surface area contributed by atoms with Crippen LogP contribution in [0.5, 0.6) is 0 Å². The van der Waals surface area contributed by atoms with Gasteiger partial charge >= 0.3 is 0 Å². The molecule has 1 heterocycles. The van der Waals surface area contributed by atoms with E-state index in [1.165, 1.54) is 39.0 Å². The number of likely N-dealkylation sites (N-methyl/N-ethyl adjacent to an activating group) is 1. The average molecular weight is 199 g/mol. The minimum Gasteiger partial charge on any atom is -0.315 e. The molecule has 14 heavy (non-hydrogen) atoms. The molecule has 1 saturated heterocycles. The minimum atomic E-state index is 0.701. The zero-order valence-electron chi connectivity index (χ0n) is 9.92. The van der Waals surface area contributed by atoms with Crippen LogP contribution < -0.4 is 5.32 Å². The maximum Gasteiger partial charge on any atom is 0.0347 e. The van der Waals surface area contributed by atoms with Gasteiger partial charge in [-0.15, -0.1) is 0 Å². The molecule has 3 heteroatoms. The Balaban J connectivity index is 2.45. The van der Waals surface area contributed by atoms with Gasteiger partial charge in [-0.2, -0.15) is 0 Å². The topological polar surface area (TPSA) is 18.5 Å². The standard InChI is InChI=1S/C11H25N3/c1-4-7-14-8-5-6-12-9-11(14)10-13(2)3/h11-12H,4-10H2,1-3H3. The molecule has 0 amide bonds. The number of hydrogen-bond donors (Lipinski definition) is 1. The second kappa shape index (κ2) is 6.38. The summed E-state index contributed by atoms with van der Waals surface area (Å²) >= 11 is 0. The van der Waals surface area contributed by atoms with Gasteiger partial charge in [-0.25, -0.2) is 0 Å². The van der Waals surface area contributed by atoms with Crippen LogP contribution in [-0.2, 0) is 0 Å². The molecule has 0 aliphatic carbocycles. The quantitative estimate of drug-likeness (QED) is 0.716. The lowest BCUT2D eigenvalue weighted by Gasteiger charge is -2.31. The van der Waals surface area contributed by atoms with Crippen molar-refractivity contribution in [2.75, 3.05) is 46.8 Å². The van der Waals surface area contributed by atoms with Gasteiger partial charge in [-0.3, -0.25) is 4.90 Å². The number of rotatable bonds is 4. The third-order valence-electron chi connectivity index (χ3n) is 2.78. The Bertz CT molecular complexity index is 147. The predicted octanol–water partition coefficient (Wildman–Crippen LogP) is 0.622. The molecule has 1 rings (SSSR count). The number of nitrogens with one attached hydrogen (secondary N) is 1. The normalized spacial score (nSPS) is 25.3. The van der Waals surface area contributed by atoms with Crippen molar-refractivity contribution in [1.29, 1.82) is 0 Å². The molecule has 1 atom stereocenters. The highest BCUT2D eigenvalue weighted by Crippen LogP contribution is 2.06. The van der Waals surface area contributed by atoms with Gasteiger partial charge in [-0.05, 0) is 46.6 Å². The van der Waals surface area contributed by atoms with Crippen molar-refractivity contribution in [1.82, 2.24) is 15.1 Å². The predicted molar refractivity (Wildman–Crippen MR) is 61.7 cm³/mol. The van der Waals surface area contributed by atoms with Crippen molar-refractivity contribution in [3.05, 3.63) is 0 Å². The Morgan fingerprint density at radius 3 is 2.86 bits per heavy atom. The molecule has 3 nitrogen and oxygen atoms in total. The van der Waals surface area contributed by atoms with Crippen LogP contribution in [0.2, 0.25) is 0 Å². The lowest BCUT2D eigenvalue weighted by molar-refractivity contribution is 0.172. The minimum absolute atomic E-state index is 0.701. The van der Waals surface area contributed by atoms with Crippen LogP contribution in [0.4, 0.5) is 0 Å². The van der Waals surface area contributed by atoms with Gasteiger partial charge in [0, 0.05) is 19.1 Å². The van der Waals surface area contributed by atoms with E-state index in [2.05, 4.69) is 36.1 Å². The van der Waals surface area contributed by atoms with Crippen LogP contribution in [0.3, 0.4) is 0 Å². The summed E-state index contributed by atoms with van der Waals surface area (Å²) in [5.74, 6) is 0. The Hall–Kier alpha value is -0.120. The maximum absolute atomic E-state index is 3.52. The van der Waals surface area contributed by atoms with Crippen LogP contribution in [-0.4, -0.2) is 62.7 Å². The summed E-state index contributed by atoms with van der Waals surface area (Å²) in [5, 5.41) is 3.52. The van der Waals surface area contributed by atoms with Crippen molar-refractivity contribution < 1.29 is 0 Å². The third kappa shape index (κ3) is 3.95. The van der Waals surface area contributed by atoms with E-state index in [0.717, 1.165) is 6.54 Å². The molecule has 0 aromatic heterocycles. The molecule has 84 valence electrons. The molecule has 1 fully saturated rings. The Labute approximate surface area is 88.5 Å². The first-order valence-electron chi connectivity index (χ1n) is 5.83. The van der Waals surface area contributed by atoms with E-state index in [-0.39, 0.29) is 0 Å². The van der Waals surface area contributed by atoms with Gasteiger partial charge in [0.25, 0.3) is 0 Å². The monoisotopic (exact) mass is 199 g/mol. The van der Waals surface area contributed by atoms with Gasteiger partial charge in [-0.1, -0.05) is 6.92 Å². The fraction of sp³-hybridized carbons (Fsp3) is 1.00. The van der Waals surface area contributed by atoms with E-state index in [1.54, 1.807) is 0 Å². The molecule has 0 aromatic carbocycles. The Morgan fingerprint density at radius 2 is 2.21 bits per heavy atom. The van der Waals surface area contributed by atoms with Gasteiger partial charge in [0.15, 0.2) is 0 Å². The van der Waals surface area contributed by atoms with Gasteiger partial charge in [0.05, 0.1) is 0 Å². The zero-order valence-corrected chi connectivity index (χ0v) is 9.92. The van der Waals surface area contributed by atoms with E-state index < -0.39 is 0 Å². The molecular formula is C11H25N3. The van der Waals surface area contributed by atoms with Crippen LogP contribution in [0.1, 0.15) is 19.8 Å². The summed E-state index contributed by atoms with van der Waals surface area (Å²) in [6.45, 7) is 8.29. The fourth-order valence-corrected chi connectivity index (χ4v) is 2.17. The second-order valence-electron chi connectivity index (χ2n) is 4.51. The Morgan fingerprint density at radius 1 is 1.43 bits per heavy atom.